The fourth-order valence-corrected chi connectivity index (χ4v) is 2.40. The van der Waals surface area contributed by atoms with E-state index >= 15 is 0 Å². The molecule has 0 aliphatic carbocycles. The lowest BCUT2D eigenvalue weighted by Crippen LogP contribution is -2.09. The van der Waals surface area contributed by atoms with Gasteiger partial charge in [-0.25, -0.2) is 4.98 Å². The average Bonchev–Trinajstić information content (AvgIpc) is 2.57. The molecule has 0 saturated heterocycles. The number of aromatic nitrogens is 1. The molecule has 3 heteroatoms. The third-order valence-corrected chi connectivity index (χ3v) is 3.89. The molecule has 1 aromatic heterocycles. The molecule has 0 aliphatic heterocycles. The molecule has 0 atom stereocenters. The predicted molar refractivity (Wildman–Crippen MR) is 95.3 cm³/mol. The van der Waals surface area contributed by atoms with Gasteiger partial charge in [0, 0.05) is 17.1 Å². The first-order valence-corrected chi connectivity index (χ1v) is 7.54. The van der Waals surface area contributed by atoms with Crippen molar-refractivity contribution >= 4 is 28.6 Å². The van der Waals surface area contributed by atoms with E-state index in [9.17, 15) is 4.79 Å². The first kappa shape index (κ1) is 15.0. The van der Waals surface area contributed by atoms with Crippen molar-refractivity contribution in [1.29, 1.82) is 0 Å². The molecule has 114 valence electrons. The highest BCUT2D eigenvalue weighted by atomic mass is 16.1. The van der Waals surface area contributed by atoms with Crippen LogP contribution in [0.15, 0.2) is 60.7 Å². The Balaban J connectivity index is 1.75. The second-order valence-corrected chi connectivity index (χ2v) is 5.50. The van der Waals surface area contributed by atoms with Crippen LogP contribution >= 0.6 is 0 Å². The molecule has 23 heavy (non-hydrogen) atoms. The highest BCUT2D eigenvalue weighted by Gasteiger charge is 2.03. The summed E-state index contributed by atoms with van der Waals surface area (Å²) in [5, 5.41) is 3.99. The van der Waals surface area contributed by atoms with Crippen molar-refractivity contribution in [3.05, 3.63) is 77.5 Å². The Morgan fingerprint density at radius 2 is 1.83 bits per heavy atom. The quantitative estimate of drug-likeness (QED) is 0.724. The average molecular weight is 302 g/mol. The van der Waals surface area contributed by atoms with Gasteiger partial charge in [0.2, 0.25) is 5.91 Å². The van der Waals surface area contributed by atoms with Crippen LogP contribution in [0.5, 0.6) is 0 Å². The van der Waals surface area contributed by atoms with E-state index in [0.29, 0.717) is 0 Å². The Kier molecular flexibility index (Phi) is 4.20. The zero-order valence-electron chi connectivity index (χ0n) is 13.2. The number of para-hydroxylation sites is 1. The summed E-state index contributed by atoms with van der Waals surface area (Å²) in [6.07, 6.45) is 3.24. The van der Waals surface area contributed by atoms with E-state index in [1.165, 1.54) is 6.08 Å². The van der Waals surface area contributed by atoms with Gasteiger partial charge in [-0.3, -0.25) is 4.79 Å². The molecule has 0 bridgehead atoms. The van der Waals surface area contributed by atoms with E-state index in [-0.39, 0.29) is 5.91 Å². The van der Waals surface area contributed by atoms with E-state index < -0.39 is 0 Å². The molecule has 3 aromatic rings. The topological polar surface area (TPSA) is 42.0 Å². The zero-order chi connectivity index (χ0) is 16.2. The Morgan fingerprint density at radius 3 is 2.70 bits per heavy atom. The first-order valence-electron chi connectivity index (χ1n) is 7.54. The largest absolute Gasteiger partial charge is 0.322 e. The summed E-state index contributed by atoms with van der Waals surface area (Å²) in [6.45, 7) is 4.03. The molecule has 0 aliphatic rings. The summed E-state index contributed by atoms with van der Waals surface area (Å²) in [5.41, 5.74) is 4.76. The second kappa shape index (κ2) is 6.44. The minimum absolute atomic E-state index is 0.159. The lowest BCUT2D eigenvalue weighted by Gasteiger charge is -2.08. The zero-order valence-corrected chi connectivity index (χ0v) is 13.2. The molecule has 3 nitrogen and oxygen atoms in total. The van der Waals surface area contributed by atoms with Gasteiger partial charge in [-0.05, 0) is 49.2 Å². The van der Waals surface area contributed by atoms with Gasteiger partial charge in [-0.1, -0.05) is 36.4 Å². The molecule has 1 heterocycles. The Bertz CT molecular complexity index is 897. The summed E-state index contributed by atoms with van der Waals surface area (Å²) in [4.78, 5) is 16.6. The van der Waals surface area contributed by atoms with Gasteiger partial charge in [0.05, 0.1) is 11.2 Å². The number of nitrogens with zero attached hydrogens (tertiary/aromatic N) is 1. The molecule has 0 unspecified atom stereocenters. The van der Waals surface area contributed by atoms with Crippen molar-refractivity contribution in [2.75, 3.05) is 5.32 Å². The number of benzene rings is 2. The van der Waals surface area contributed by atoms with Gasteiger partial charge in [-0.15, -0.1) is 0 Å². The smallest absolute Gasteiger partial charge is 0.248 e. The maximum atomic E-state index is 12.1. The number of carbonyl (C=O) groups excluding carboxylic acids is 1. The second-order valence-electron chi connectivity index (χ2n) is 5.50. The number of anilines is 1. The van der Waals surface area contributed by atoms with Gasteiger partial charge in [-0.2, -0.15) is 0 Å². The lowest BCUT2D eigenvalue weighted by atomic mass is 10.1. The predicted octanol–water partition coefficient (Wildman–Crippen LogP) is 4.50. The van der Waals surface area contributed by atoms with Crippen LogP contribution in [0.25, 0.3) is 17.0 Å². The highest BCUT2D eigenvalue weighted by Crippen LogP contribution is 2.18. The van der Waals surface area contributed by atoms with Gasteiger partial charge < -0.3 is 5.32 Å². The number of nitrogens with one attached hydrogen (secondary N) is 1. The number of hydrogen-bond acceptors (Lipinski definition) is 2. The molecule has 0 radical (unpaired) electrons. The van der Waals surface area contributed by atoms with Crippen molar-refractivity contribution in [2.45, 2.75) is 13.8 Å². The molecular formula is C20H18N2O. The summed E-state index contributed by atoms with van der Waals surface area (Å²) >= 11 is 0. The molecule has 0 saturated carbocycles. The minimum Gasteiger partial charge on any atom is -0.322 e. The monoisotopic (exact) mass is 302 g/mol. The first-order chi connectivity index (χ1) is 11.1. The number of amides is 1. The van der Waals surface area contributed by atoms with E-state index in [1.807, 2.05) is 68.4 Å². The normalized spacial score (nSPS) is 11.0. The van der Waals surface area contributed by atoms with Crippen LogP contribution in [-0.2, 0) is 4.79 Å². The Labute approximate surface area is 135 Å². The third-order valence-electron chi connectivity index (χ3n) is 3.89. The van der Waals surface area contributed by atoms with Crippen LogP contribution in [-0.4, -0.2) is 10.9 Å². The number of aryl methyl sites for hydroxylation is 1. The van der Waals surface area contributed by atoms with Crippen LogP contribution in [0.3, 0.4) is 0 Å². The van der Waals surface area contributed by atoms with Crippen LogP contribution in [0.4, 0.5) is 5.69 Å². The summed E-state index contributed by atoms with van der Waals surface area (Å²) in [6, 6.07) is 17.7. The van der Waals surface area contributed by atoms with Crippen LogP contribution in [0, 0.1) is 13.8 Å². The molecule has 3 rings (SSSR count). The molecular weight excluding hydrogens is 284 g/mol. The van der Waals surface area contributed by atoms with E-state index in [2.05, 4.69) is 10.3 Å². The number of fused-ring (bicyclic) bond motifs is 1. The van der Waals surface area contributed by atoms with Crippen LogP contribution in [0.2, 0.25) is 0 Å². The van der Waals surface area contributed by atoms with Gasteiger partial charge in [0.25, 0.3) is 0 Å². The minimum atomic E-state index is -0.159. The van der Waals surface area contributed by atoms with E-state index in [4.69, 9.17) is 0 Å². The number of hydrogen-bond donors (Lipinski definition) is 1. The van der Waals surface area contributed by atoms with Gasteiger partial charge >= 0.3 is 0 Å². The van der Waals surface area contributed by atoms with Crippen molar-refractivity contribution in [2.24, 2.45) is 0 Å². The molecule has 2 aromatic carbocycles. The van der Waals surface area contributed by atoms with E-state index in [0.717, 1.165) is 33.4 Å². The number of rotatable bonds is 3. The van der Waals surface area contributed by atoms with Crippen molar-refractivity contribution in [3.8, 4) is 0 Å². The Hall–Kier alpha value is -2.94. The van der Waals surface area contributed by atoms with Crippen molar-refractivity contribution < 1.29 is 4.79 Å². The molecule has 1 N–H and O–H groups in total. The highest BCUT2D eigenvalue weighted by molar-refractivity contribution is 6.02. The summed E-state index contributed by atoms with van der Waals surface area (Å²) < 4.78 is 0. The van der Waals surface area contributed by atoms with Crippen LogP contribution < -0.4 is 5.32 Å². The lowest BCUT2D eigenvalue weighted by molar-refractivity contribution is -0.111. The van der Waals surface area contributed by atoms with Crippen molar-refractivity contribution in [1.82, 2.24) is 4.98 Å². The van der Waals surface area contributed by atoms with E-state index in [1.54, 1.807) is 6.08 Å². The van der Waals surface area contributed by atoms with Gasteiger partial charge in [0.1, 0.15) is 0 Å². The number of pyridine rings is 1. The standard InChI is InChI=1S/C20H18N2O/c1-14-6-5-9-18(15(14)2)22-20(23)13-12-17-11-10-16-7-3-4-8-19(16)21-17/h3-13H,1-2H3,(H,22,23). The fourth-order valence-electron chi connectivity index (χ4n) is 2.40. The summed E-state index contributed by atoms with van der Waals surface area (Å²) in [5.74, 6) is -0.159. The Morgan fingerprint density at radius 1 is 1.00 bits per heavy atom. The molecule has 0 spiro atoms. The molecule has 1 amide bonds. The fraction of sp³-hybridized carbons (Fsp3) is 0.100. The van der Waals surface area contributed by atoms with Crippen molar-refractivity contribution in [3.63, 3.8) is 0 Å². The third kappa shape index (κ3) is 3.46. The maximum absolute atomic E-state index is 12.1. The summed E-state index contributed by atoms with van der Waals surface area (Å²) in [7, 11) is 0. The SMILES string of the molecule is Cc1cccc(NC(=O)C=Cc2ccc3ccccc3n2)c1C. The maximum Gasteiger partial charge on any atom is 0.248 e. The molecule has 0 fully saturated rings. The van der Waals surface area contributed by atoms with Gasteiger partial charge in [0.15, 0.2) is 0 Å². The van der Waals surface area contributed by atoms with Crippen LogP contribution in [0.1, 0.15) is 16.8 Å². The number of carbonyl (C=O) groups is 1.